The van der Waals surface area contributed by atoms with Crippen LogP contribution in [0.2, 0.25) is 0 Å². The third kappa shape index (κ3) is 3.02. The van der Waals surface area contributed by atoms with Crippen molar-refractivity contribution < 1.29 is 0 Å². The van der Waals surface area contributed by atoms with Crippen LogP contribution in [0.4, 0.5) is 0 Å². The van der Waals surface area contributed by atoms with Gasteiger partial charge in [0.1, 0.15) is 12.2 Å². The lowest BCUT2D eigenvalue weighted by molar-refractivity contribution is 0.213. The van der Waals surface area contributed by atoms with E-state index in [-0.39, 0.29) is 0 Å². The summed E-state index contributed by atoms with van der Waals surface area (Å²) in [5.74, 6) is 1.11. The highest BCUT2D eigenvalue weighted by Crippen LogP contribution is 2.09. The maximum absolute atomic E-state index is 4.12. The molecule has 2 rings (SSSR count). The number of hydrogen-bond donors (Lipinski definition) is 1. The van der Waals surface area contributed by atoms with E-state index < -0.39 is 0 Å². The van der Waals surface area contributed by atoms with E-state index in [0.717, 1.165) is 38.5 Å². The van der Waals surface area contributed by atoms with Gasteiger partial charge in [-0.05, 0) is 32.5 Å². The fraction of sp³-hybridized carbons (Fsp3) is 0.818. The fourth-order valence-electron chi connectivity index (χ4n) is 2.07. The topological polar surface area (TPSA) is 46.0 Å². The molecule has 0 unspecified atom stereocenters. The van der Waals surface area contributed by atoms with Gasteiger partial charge in [0.25, 0.3) is 0 Å². The molecule has 0 aliphatic carbocycles. The maximum Gasteiger partial charge on any atom is 0.147 e. The highest BCUT2D eigenvalue weighted by atomic mass is 15.3. The van der Waals surface area contributed by atoms with E-state index in [2.05, 4.69) is 31.9 Å². The molecule has 0 fully saturated rings. The zero-order valence-electron chi connectivity index (χ0n) is 10.0. The summed E-state index contributed by atoms with van der Waals surface area (Å²) in [6.07, 6.45) is 4.36. The predicted octanol–water partition coefficient (Wildman–Crippen LogP) is 0.483. The Labute approximate surface area is 96.8 Å². The van der Waals surface area contributed by atoms with Gasteiger partial charge in [-0.25, -0.2) is 0 Å². The molecule has 1 aliphatic rings. The second-order valence-corrected chi connectivity index (χ2v) is 4.28. The van der Waals surface area contributed by atoms with Gasteiger partial charge in [-0.2, -0.15) is 0 Å². The summed E-state index contributed by atoms with van der Waals surface area (Å²) >= 11 is 0. The molecule has 5 heteroatoms. The Balaban J connectivity index is 1.65. The SMILES string of the molecule is CCNCCCCN1CCn2cnnc2C1. The first-order valence-corrected chi connectivity index (χ1v) is 6.20. The average molecular weight is 223 g/mol. The van der Waals surface area contributed by atoms with E-state index >= 15 is 0 Å². The highest BCUT2D eigenvalue weighted by molar-refractivity contribution is 4.89. The number of hydrogen-bond acceptors (Lipinski definition) is 4. The minimum Gasteiger partial charge on any atom is -0.317 e. The minimum atomic E-state index is 0.960. The molecule has 0 saturated carbocycles. The van der Waals surface area contributed by atoms with Crippen LogP contribution in [0.5, 0.6) is 0 Å². The third-order valence-corrected chi connectivity index (χ3v) is 3.05. The molecular weight excluding hydrogens is 202 g/mol. The van der Waals surface area contributed by atoms with E-state index in [4.69, 9.17) is 0 Å². The minimum absolute atomic E-state index is 0.960. The number of nitrogens with one attached hydrogen (secondary N) is 1. The van der Waals surface area contributed by atoms with Gasteiger partial charge in [0, 0.05) is 13.1 Å². The number of fused-ring (bicyclic) bond motifs is 1. The van der Waals surface area contributed by atoms with Crippen molar-refractivity contribution >= 4 is 0 Å². The zero-order chi connectivity index (χ0) is 11.2. The summed E-state index contributed by atoms with van der Waals surface area (Å²) in [5.41, 5.74) is 0. The van der Waals surface area contributed by atoms with Crippen molar-refractivity contribution in [3.63, 3.8) is 0 Å². The standard InChI is InChI=1S/C11H21N5/c1-2-12-5-3-4-6-15-7-8-16-10-13-14-11(16)9-15/h10,12H,2-9H2,1H3. The molecule has 0 radical (unpaired) electrons. The molecule has 0 amide bonds. The van der Waals surface area contributed by atoms with Crippen molar-refractivity contribution in [1.82, 2.24) is 25.0 Å². The van der Waals surface area contributed by atoms with Gasteiger partial charge >= 0.3 is 0 Å². The van der Waals surface area contributed by atoms with E-state index in [1.54, 1.807) is 0 Å². The number of rotatable bonds is 6. The van der Waals surface area contributed by atoms with Crippen molar-refractivity contribution in [2.24, 2.45) is 0 Å². The Morgan fingerprint density at radius 2 is 2.31 bits per heavy atom. The summed E-state index contributed by atoms with van der Waals surface area (Å²) in [6.45, 7) is 8.67. The normalized spacial score (nSPS) is 16.3. The van der Waals surface area contributed by atoms with Crippen LogP contribution in [0.1, 0.15) is 25.6 Å². The van der Waals surface area contributed by atoms with Crippen LogP contribution < -0.4 is 5.32 Å². The number of aromatic nitrogens is 3. The zero-order valence-corrected chi connectivity index (χ0v) is 10.0. The average Bonchev–Trinajstić information content (AvgIpc) is 2.76. The lowest BCUT2D eigenvalue weighted by Crippen LogP contribution is -2.34. The largest absolute Gasteiger partial charge is 0.317 e. The van der Waals surface area contributed by atoms with E-state index in [1.165, 1.54) is 19.4 Å². The Morgan fingerprint density at radius 1 is 1.38 bits per heavy atom. The molecule has 0 spiro atoms. The molecule has 0 atom stereocenters. The molecule has 2 heterocycles. The molecule has 0 saturated heterocycles. The molecule has 1 aromatic heterocycles. The molecule has 1 aromatic rings. The van der Waals surface area contributed by atoms with Gasteiger partial charge in [-0.1, -0.05) is 6.92 Å². The van der Waals surface area contributed by atoms with Crippen molar-refractivity contribution in [3.05, 3.63) is 12.2 Å². The lowest BCUT2D eigenvalue weighted by atomic mass is 10.2. The van der Waals surface area contributed by atoms with Gasteiger partial charge < -0.3 is 9.88 Å². The number of nitrogens with zero attached hydrogens (tertiary/aromatic N) is 4. The van der Waals surface area contributed by atoms with Crippen LogP contribution in [0.25, 0.3) is 0 Å². The molecule has 0 aromatic carbocycles. The summed E-state index contributed by atoms with van der Waals surface area (Å²) in [7, 11) is 0. The third-order valence-electron chi connectivity index (χ3n) is 3.05. The number of unbranched alkanes of at least 4 members (excludes halogenated alkanes) is 1. The first-order valence-electron chi connectivity index (χ1n) is 6.20. The van der Waals surface area contributed by atoms with Gasteiger partial charge in [0.2, 0.25) is 0 Å². The second kappa shape index (κ2) is 5.96. The Hall–Kier alpha value is -0.940. The first kappa shape index (κ1) is 11.5. The van der Waals surface area contributed by atoms with Gasteiger partial charge in [-0.15, -0.1) is 10.2 Å². The summed E-state index contributed by atoms with van der Waals surface area (Å²) in [5, 5.41) is 11.4. The molecule has 5 nitrogen and oxygen atoms in total. The Morgan fingerprint density at radius 3 is 3.19 bits per heavy atom. The van der Waals surface area contributed by atoms with Crippen LogP contribution in [0.3, 0.4) is 0 Å². The second-order valence-electron chi connectivity index (χ2n) is 4.28. The molecule has 16 heavy (non-hydrogen) atoms. The maximum atomic E-state index is 4.12. The van der Waals surface area contributed by atoms with Gasteiger partial charge in [-0.3, -0.25) is 4.90 Å². The van der Waals surface area contributed by atoms with Crippen molar-refractivity contribution in [2.75, 3.05) is 26.2 Å². The van der Waals surface area contributed by atoms with E-state index in [1.807, 2.05) is 6.33 Å². The molecule has 0 bridgehead atoms. The van der Waals surface area contributed by atoms with Gasteiger partial charge in [0.15, 0.2) is 0 Å². The molecular formula is C11H21N5. The first-order chi connectivity index (χ1) is 7.90. The summed E-state index contributed by atoms with van der Waals surface area (Å²) in [4.78, 5) is 2.47. The van der Waals surface area contributed by atoms with Gasteiger partial charge in [0.05, 0.1) is 6.54 Å². The Kier molecular flexibility index (Phi) is 4.30. The van der Waals surface area contributed by atoms with Crippen LogP contribution in [0, 0.1) is 0 Å². The smallest absolute Gasteiger partial charge is 0.147 e. The lowest BCUT2D eigenvalue weighted by Gasteiger charge is -2.26. The van der Waals surface area contributed by atoms with Crippen LogP contribution in [-0.4, -0.2) is 45.8 Å². The monoisotopic (exact) mass is 223 g/mol. The molecule has 1 N–H and O–H groups in total. The predicted molar refractivity (Wildman–Crippen MR) is 63.1 cm³/mol. The van der Waals surface area contributed by atoms with Crippen molar-refractivity contribution in [2.45, 2.75) is 32.9 Å². The highest BCUT2D eigenvalue weighted by Gasteiger charge is 2.16. The summed E-state index contributed by atoms with van der Waals surface area (Å²) < 4.78 is 2.15. The van der Waals surface area contributed by atoms with Crippen LogP contribution in [-0.2, 0) is 13.1 Å². The summed E-state index contributed by atoms with van der Waals surface area (Å²) in [6, 6.07) is 0. The van der Waals surface area contributed by atoms with Crippen LogP contribution >= 0.6 is 0 Å². The fourth-order valence-corrected chi connectivity index (χ4v) is 2.07. The van der Waals surface area contributed by atoms with Crippen molar-refractivity contribution in [3.8, 4) is 0 Å². The van der Waals surface area contributed by atoms with Crippen LogP contribution in [0.15, 0.2) is 6.33 Å². The quantitative estimate of drug-likeness (QED) is 0.713. The molecule has 1 aliphatic heterocycles. The molecule has 90 valence electrons. The van der Waals surface area contributed by atoms with E-state index in [9.17, 15) is 0 Å². The van der Waals surface area contributed by atoms with E-state index in [0.29, 0.717) is 0 Å². The Bertz CT molecular complexity index is 309. The van der Waals surface area contributed by atoms with Crippen molar-refractivity contribution in [1.29, 1.82) is 0 Å².